The minimum absolute atomic E-state index is 0.170. The van der Waals surface area contributed by atoms with Gasteiger partial charge in [-0.3, -0.25) is 10.1 Å². The lowest BCUT2D eigenvalue weighted by Crippen LogP contribution is -2.34. The van der Waals surface area contributed by atoms with Crippen molar-refractivity contribution in [1.82, 2.24) is 10.3 Å². The molecule has 0 aliphatic rings. The lowest BCUT2D eigenvalue weighted by atomic mass is 10.0. The van der Waals surface area contributed by atoms with Crippen molar-refractivity contribution in [2.75, 3.05) is 12.4 Å². The predicted molar refractivity (Wildman–Crippen MR) is 146 cm³/mol. The first-order chi connectivity index (χ1) is 17.5. The number of carbonyl (C=O) groups excluding carboxylic acids is 1. The van der Waals surface area contributed by atoms with Gasteiger partial charge in [-0.15, -0.1) is 0 Å². The molecule has 0 aliphatic heterocycles. The molecule has 0 atom stereocenters. The van der Waals surface area contributed by atoms with Crippen molar-refractivity contribution in [2.45, 2.75) is 6.92 Å². The van der Waals surface area contributed by atoms with E-state index in [9.17, 15) is 4.79 Å². The summed E-state index contributed by atoms with van der Waals surface area (Å²) in [6.45, 7) is 1.88. The van der Waals surface area contributed by atoms with Gasteiger partial charge in [-0.1, -0.05) is 54.6 Å². The summed E-state index contributed by atoms with van der Waals surface area (Å²) >= 11 is 5.35. The molecule has 0 radical (unpaired) electrons. The monoisotopic (exact) mass is 493 g/mol. The highest BCUT2D eigenvalue weighted by molar-refractivity contribution is 7.80. The SMILES string of the molecule is COc1c(C)cccc1C(=O)NC(=S)Nc1ccc2oc(-c3ccc(-c4ccccc4)cc3)nc2c1. The van der Waals surface area contributed by atoms with Crippen LogP contribution in [0.2, 0.25) is 0 Å². The van der Waals surface area contributed by atoms with Crippen LogP contribution >= 0.6 is 12.2 Å². The Kier molecular flexibility index (Phi) is 6.47. The summed E-state index contributed by atoms with van der Waals surface area (Å²) in [4.78, 5) is 17.4. The molecule has 0 unspecified atom stereocenters. The van der Waals surface area contributed by atoms with Gasteiger partial charge in [0, 0.05) is 11.3 Å². The molecule has 1 amide bonds. The number of carbonyl (C=O) groups is 1. The Labute approximate surface area is 213 Å². The van der Waals surface area contributed by atoms with Gasteiger partial charge >= 0.3 is 0 Å². The predicted octanol–water partition coefficient (Wildman–Crippen LogP) is 6.61. The van der Waals surface area contributed by atoms with Gasteiger partial charge in [-0.2, -0.15) is 0 Å². The zero-order valence-corrected chi connectivity index (χ0v) is 20.6. The van der Waals surface area contributed by atoms with Crippen LogP contribution < -0.4 is 15.4 Å². The van der Waals surface area contributed by atoms with Crippen molar-refractivity contribution in [3.05, 3.63) is 102 Å². The summed E-state index contributed by atoms with van der Waals surface area (Å²) < 4.78 is 11.3. The van der Waals surface area contributed by atoms with Gasteiger partial charge in [0.05, 0.1) is 12.7 Å². The van der Waals surface area contributed by atoms with Gasteiger partial charge in [0.15, 0.2) is 10.7 Å². The van der Waals surface area contributed by atoms with E-state index in [1.807, 2.05) is 61.5 Å². The van der Waals surface area contributed by atoms with Crippen LogP contribution in [0.4, 0.5) is 5.69 Å². The van der Waals surface area contributed by atoms with E-state index < -0.39 is 0 Å². The van der Waals surface area contributed by atoms with E-state index in [-0.39, 0.29) is 11.0 Å². The van der Waals surface area contributed by atoms with Gasteiger partial charge in [-0.25, -0.2) is 4.98 Å². The molecule has 5 rings (SSSR count). The number of nitrogens with zero attached hydrogens (tertiary/aromatic N) is 1. The van der Waals surface area contributed by atoms with Gasteiger partial charge in [0.25, 0.3) is 5.91 Å². The number of oxazole rings is 1. The third kappa shape index (κ3) is 4.82. The molecule has 1 heterocycles. The van der Waals surface area contributed by atoms with Crippen LogP contribution in [0, 0.1) is 6.92 Å². The summed E-state index contributed by atoms with van der Waals surface area (Å²) in [5, 5.41) is 5.91. The first kappa shape index (κ1) is 23.3. The molecule has 2 N–H and O–H groups in total. The van der Waals surface area contributed by atoms with Crippen molar-refractivity contribution in [3.63, 3.8) is 0 Å². The Bertz CT molecular complexity index is 1560. The number of nitrogens with one attached hydrogen (secondary N) is 2. The number of aromatic nitrogens is 1. The van der Waals surface area contributed by atoms with Crippen molar-refractivity contribution in [1.29, 1.82) is 0 Å². The highest BCUT2D eigenvalue weighted by atomic mass is 32.1. The Morgan fingerprint density at radius 1 is 0.889 bits per heavy atom. The lowest BCUT2D eigenvalue weighted by Gasteiger charge is -2.13. The quantitative estimate of drug-likeness (QED) is 0.269. The summed E-state index contributed by atoms with van der Waals surface area (Å²) in [6.07, 6.45) is 0. The number of fused-ring (bicyclic) bond motifs is 1. The number of para-hydroxylation sites is 1. The number of methoxy groups -OCH3 is 1. The van der Waals surface area contributed by atoms with E-state index >= 15 is 0 Å². The molecule has 4 aromatic carbocycles. The first-order valence-corrected chi connectivity index (χ1v) is 11.7. The molecule has 7 heteroatoms. The molecule has 6 nitrogen and oxygen atoms in total. The number of anilines is 1. The molecule has 5 aromatic rings. The maximum Gasteiger partial charge on any atom is 0.261 e. The van der Waals surface area contributed by atoms with Crippen LogP contribution in [0.3, 0.4) is 0 Å². The summed E-state index contributed by atoms with van der Waals surface area (Å²) in [7, 11) is 1.54. The van der Waals surface area contributed by atoms with Crippen LogP contribution in [-0.4, -0.2) is 23.1 Å². The summed E-state index contributed by atoms with van der Waals surface area (Å²) in [5.41, 5.74) is 6.46. The van der Waals surface area contributed by atoms with Crippen LogP contribution in [0.1, 0.15) is 15.9 Å². The number of ether oxygens (including phenoxy) is 1. The molecule has 0 fully saturated rings. The van der Waals surface area contributed by atoms with Crippen LogP contribution in [0.5, 0.6) is 5.75 Å². The molecule has 0 saturated heterocycles. The number of hydrogen-bond acceptors (Lipinski definition) is 5. The van der Waals surface area contributed by atoms with Gasteiger partial charge < -0.3 is 14.5 Å². The zero-order chi connectivity index (χ0) is 25.1. The fourth-order valence-corrected chi connectivity index (χ4v) is 4.21. The fraction of sp³-hybridized carbons (Fsp3) is 0.0690. The number of hydrogen-bond donors (Lipinski definition) is 2. The first-order valence-electron chi connectivity index (χ1n) is 11.3. The van der Waals surface area contributed by atoms with E-state index in [4.69, 9.17) is 21.4 Å². The molecular formula is C29H23N3O3S. The standard InChI is InChI=1S/C29H23N3O3S/c1-18-7-6-10-23(26(18)34-2)27(33)32-29(36)30-22-15-16-25-24(17-22)31-28(35-25)21-13-11-20(12-14-21)19-8-4-3-5-9-19/h3-17H,1-2H3,(H2,30,32,33,36). The topological polar surface area (TPSA) is 76.4 Å². The second kappa shape index (κ2) is 10.0. The highest BCUT2D eigenvalue weighted by Crippen LogP contribution is 2.28. The minimum Gasteiger partial charge on any atom is -0.496 e. The van der Waals surface area contributed by atoms with E-state index in [1.54, 1.807) is 12.1 Å². The Morgan fingerprint density at radius 3 is 2.36 bits per heavy atom. The van der Waals surface area contributed by atoms with Crippen LogP contribution in [0.15, 0.2) is 95.4 Å². The van der Waals surface area contributed by atoms with E-state index in [0.29, 0.717) is 34.0 Å². The van der Waals surface area contributed by atoms with Crippen molar-refractivity contribution in [3.8, 4) is 28.3 Å². The highest BCUT2D eigenvalue weighted by Gasteiger charge is 2.16. The number of rotatable bonds is 5. The lowest BCUT2D eigenvalue weighted by molar-refractivity contribution is 0.0974. The smallest absolute Gasteiger partial charge is 0.261 e. The molecule has 0 bridgehead atoms. The van der Waals surface area contributed by atoms with Gasteiger partial charge in [0.1, 0.15) is 11.3 Å². The molecule has 0 spiro atoms. The van der Waals surface area contributed by atoms with Gasteiger partial charge in [-0.05, 0) is 72.2 Å². The average molecular weight is 494 g/mol. The largest absolute Gasteiger partial charge is 0.496 e. The van der Waals surface area contributed by atoms with Gasteiger partial charge in [0.2, 0.25) is 5.89 Å². The minimum atomic E-state index is -0.350. The van der Waals surface area contributed by atoms with Crippen molar-refractivity contribution < 1.29 is 13.9 Å². The average Bonchev–Trinajstić information content (AvgIpc) is 3.32. The maximum atomic E-state index is 12.7. The molecule has 1 aromatic heterocycles. The molecule has 178 valence electrons. The van der Waals surface area contributed by atoms with Crippen molar-refractivity contribution in [2.24, 2.45) is 0 Å². The number of aryl methyl sites for hydroxylation is 1. The molecule has 0 saturated carbocycles. The molecular weight excluding hydrogens is 470 g/mol. The summed E-state index contributed by atoms with van der Waals surface area (Å²) in [5.74, 6) is 0.701. The molecule has 0 aliphatic carbocycles. The van der Waals surface area contributed by atoms with Crippen LogP contribution in [0.25, 0.3) is 33.7 Å². The summed E-state index contributed by atoms with van der Waals surface area (Å²) in [6, 6.07) is 29.1. The normalized spacial score (nSPS) is 10.7. The number of amides is 1. The number of benzene rings is 4. The van der Waals surface area contributed by atoms with E-state index in [0.717, 1.165) is 22.3 Å². The Morgan fingerprint density at radius 2 is 1.61 bits per heavy atom. The zero-order valence-electron chi connectivity index (χ0n) is 19.7. The van der Waals surface area contributed by atoms with Crippen molar-refractivity contribution >= 4 is 40.0 Å². The molecule has 36 heavy (non-hydrogen) atoms. The second-order valence-corrected chi connectivity index (χ2v) is 8.62. The van der Waals surface area contributed by atoms with E-state index in [1.165, 1.54) is 7.11 Å². The maximum absolute atomic E-state index is 12.7. The van der Waals surface area contributed by atoms with Crippen LogP contribution in [-0.2, 0) is 0 Å². The fourth-order valence-electron chi connectivity index (χ4n) is 4.00. The third-order valence-corrected chi connectivity index (χ3v) is 5.98. The second-order valence-electron chi connectivity index (χ2n) is 8.21. The Balaban J connectivity index is 1.30. The Hall–Kier alpha value is -4.49. The third-order valence-electron chi connectivity index (χ3n) is 5.77. The number of thiocarbonyl (C=S) groups is 1. The van der Waals surface area contributed by atoms with E-state index in [2.05, 4.69) is 39.9 Å².